The lowest BCUT2D eigenvalue weighted by Crippen LogP contribution is -2.30. The molecule has 0 radical (unpaired) electrons. The van der Waals surface area contributed by atoms with Crippen molar-refractivity contribution in [2.45, 2.75) is 32.5 Å². The molecule has 1 saturated heterocycles. The highest BCUT2D eigenvalue weighted by molar-refractivity contribution is 7.09. The van der Waals surface area contributed by atoms with Crippen LogP contribution in [0, 0.1) is 0 Å². The fourth-order valence-corrected chi connectivity index (χ4v) is 4.04. The number of ether oxygens (including phenoxy) is 1. The van der Waals surface area contributed by atoms with Gasteiger partial charge in [0.15, 0.2) is 0 Å². The molecule has 28 heavy (non-hydrogen) atoms. The third-order valence-electron chi connectivity index (χ3n) is 4.69. The first kappa shape index (κ1) is 27.4. The zero-order valence-corrected chi connectivity index (χ0v) is 19.6. The van der Waals surface area contributed by atoms with E-state index in [0.29, 0.717) is 0 Å². The van der Waals surface area contributed by atoms with Gasteiger partial charge in [-0.15, -0.1) is 48.6 Å². The molecule has 9 heteroatoms. The van der Waals surface area contributed by atoms with E-state index < -0.39 is 0 Å². The lowest BCUT2D eigenvalue weighted by atomic mass is 10.2. The molecule has 160 valence electrons. The number of nitrogen functional groups attached to an aromatic ring is 1. The molecule has 2 N–H and O–H groups in total. The molecule has 2 aromatic rings. The highest BCUT2D eigenvalue weighted by Gasteiger charge is 2.17. The molecule has 1 aliphatic heterocycles. The highest BCUT2D eigenvalue weighted by Crippen LogP contribution is 2.21. The second kappa shape index (κ2) is 13.6. The van der Waals surface area contributed by atoms with Gasteiger partial charge in [-0.2, -0.15) is 0 Å². The van der Waals surface area contributed by atoms with E-state index in [0.717, 1.165) is 55.7 Å². The van der Waals surface area contributed by atoms with Crippen molar-refractivity contribution in [1.29, 1.82) is 0 Å². The number of hydrogen-bond donors (Lipinski definition) is 1. The lowest BCUT2D eigenvalue weighted by molar-refractivity contribution is 0.119. The van der Waals surface area contributed by atoms with E-state index in [1.807, 2.05) is 19.1 Å². The minimum absolute atomic E-state index is 0. The van der Waals surface area contributed by atoms with Crippen molar-refractivity contribution in [2.24, 2.45) is 0 Å². The van der Waals surface area contributed by atoms with Crippen molar-refractivity contribution in [3.63, 3.8) is 0 Å². The van der Waals surface area contributed by atoms with Crippen molar-refractivity contribution in [2.75, 3.05) is 39.0 Å². The summed E-state index contributed by atoms with van der Waals surface area (Å²) in [7, 11) is 1.73. The first-order chi connectivity index (χ1) is 12.1. The second-order valence-corrected chi connectivity index (χ2v) is 7.60. The first-order valence-electron chi connectivity index (χ1n) is 8.90. The van der Waals surface area contributed by atoms with Gasteiger partial charge in [-0.1, -0.05) is 12.1 Å². The average Bonchev–Trinajstić information content (AvgIpc) is 2.96. The number of benzene rings is 1. The first-order valence-corrected chi connectivity index (χ1v) is 9.78. The molecular formula is C19H31Cl3N4OS. The van der Waals surface area contributed by atoms with Crippen molar-refractivity contribution in [3.05, 3.63) is 45.9 Å². The SMILES string of the molecule is COC(C)c1nc(CN2CCCN(Cc3cccc(N)c3)CC2)cs1.Cl.Cl.Cl. The number of methoxy groups -OCH3 is 1. The number of aromatic nitrogens is 1. The summed E-state index contributed by atoms with van der Waals surface area (Å²) < 4.78 is 5.36. The van der Waals surface area contributed by atoms with E-state index >= 15 is 0 Å². The molecule has 1 aliphatic rings. The maximum atomic E-state index is 5.89. The van der Waals surface area contributed by atoms with Crippen LogP contribution < -0.4 is 5.73 Å². The summed E-state index contributed by atoms with van der Waals surface area (Å²) in [4.78, 5) is 9.76. The van der Waals surface area contributed by atoms with Crippen molar-refractivity contribution in [1.82, 2.24) is 14.8 Å². The van der Waals surface area contributed by atoms with E-state index in [1.165, 1.54) is 12.0 Å². The molecule has 0 amide bonds. The molecule has 0 aliphatic carbocycles. The van der Waals surface area contributed by atoms with Crippen LogP contribution in [0.2, 0.25) is 0 Å². The summed E-state index contributed by atoms with van der Waals surface area (Å²) in [6.07, 6.45) is 1.27. The Morgan fingerprint density at radius 1 is 1.11 bits per heavy atom. The lowest BCUT2D eigenvalue weighted by Gasteiger charge is -2.21. The molecule has 0 saturated carbocycles. The Balaban J connectivity index is 0.00000243. The van der Waals surface area contributed by atoms with E-state index in [9.17, 15) is 0 Å². The molecule has 3 rings (SSSR count). The molecule has 1 fully saturated rings. The molecule has 0 spiro atoms. The number of anilines is 1. The van der Waals surface area contributed by atoms with Crippen LogP contribution in [-0.2, 0) is 17.8 Å². The smallest absolute Gasteiger partial charge is 0.122 e. The summed E-state index contributed by atoms with van der Waals surface area (Å²) in [5.41, 5.74) is 9.20. The van der Waals surface area contributed by atoms with Crippen LogP contribution in [0.25, 0.3) is 0 Å². The van der Waals surface area contributed by atoms with Crippen LogP contribution in [0.1, 0.15) is 35.7 Å². The molecule has 0 bridgehead atoms. The molecule has 1 aromatic heterocycles. The van der Waals surface area contributed by atoms with Gasteiger partial charge in [-0.25, -0.2) is 4.98 Å². The largest absolute Gasteiger partial charge is 0.399 e. The summed E-state index contributed by atoms with van der Waals surface area (Å²) in [5, 5.41) is 3.23. The van der Waals surface area contributed by atoms with Gasteiger partial charge in [-0.3, -0.25) is 9.80 Å². The molecule has 1 unspecified atom stereocenters. The zero-order chi connectivity index (χ0) is 17.6. The minimum atomic E-state index is 0. The van der Waals surface area contributed by atoms with E-state index in [-0.39, 0.29) is 43.3 Å². The van der Waals surface area contributed by atoms with Crippen LogP contribution in [0.4, 0.5) is 5.69 Å². The number of halogens is 3. The highest BCUT2D eigenvalue weighted by atomic mass is 35.5. The number of nitrogens with two attached hydrogens (primary N) is 1. The molecular weight excluding hydrogens is 439 g/mol. The van der Waals surface area contributed by atoms with Gasteiger partial charge in [0.2, 0.25) is 0 Å². The zero-order valence-electron chi connectivity index (χ0n) is 16.4. The van der Waals surface area contributed by atoms with Crippen molar-refractivity contribution < 1.29 is 4.74 Å². The number of rotatable bonds is 6. The fourth-order valence-electron chi connectivity index (χ4n) is 3.20. The summed E-state index contributed by atoms with van der Waals surface area (Å²) >= 11 is 1.69. The predicted octanol–water partition coefficient (Wildman–Crippen LogP) is 4.41. The van der Waals surface area contributed by atoms with Crippen molar-refractivity contribution >= 4 is 54.2 Å². The predicted molar refractivity (Wildman–Crippen MR) is 125 cm³/mol. The summed E-state index contributed by atoms with van der Waals surface area (Å²) in [6.45, 7) is 8.37. The van der Waals surface area contributed by atoms with E-state index in [4.69, 9.17) is 15.5 Å². The van der Waals surface area contributed by atoms with Gasteiger partial charge in [0, 0.05) is 44.4 Å². The third-order valence-corrected chi connectivity index (χ3v) is 5.75. The topological polar surface area (TPSA) is 54.6 Å². The number of nitrogens with zero attached hydrogens (tertiary/aromatic N) is 3. The van der Waals surface area contributed by atoms with Crippen LogP contribution in [0.15, 0.2) is 29.6 Å². The Bertz CT molecular complexity index is 689. The Hall–Kier alpha value is -0.600. The number of hydrogen-bond acceptors (Lipinski definition) is 6. The maximum Gasteiger partial charge on any atom is 0.122 e. The van der Waals surface area contributed by atoms with Gasteiger partial charge in [0.25, 0.3) is 0 Å². The monoisotopic (exact) mass is 468 g/mol. The molecule has 5 nitrogen and oxygen atoms in total. The van der Waals surface area contributed by atoms with Gasteiger partial charge >= 0.3 is 0 Å². The Morgan fingerprint density at radius 3 is 2.43 bits per heavy atom. The second-order valence-electron chi connectivity index (χ2n) is 6.71. The van der Waals surface area contributed by atoms with Crippen LogP contribution in [0.5, 0.6) is 0 Å². The maximum absolute atomic E-state index is 5.89. The van der Waals surface area contributed by atoms with Gasteiger partial charge in [0.1, 0.15) is 11.1 Å². The summed E-state index contributed by atoms with van der Waals surface area (Å²) in [6, 6.07) is 8.22. The van der Waals surface area contributed by atoms with Crippen LogP contribution in [0.3, 0.4) is 0 Å². The quantitative estimate of drug-likeness (QED) is 0.635. The van der Waals surface area contributed by atoms with E-state index in [2.05, 4.69) is 27.3 Å². The Kier molecular flexibility index (Phi) is 13.3. The van der Waals surface area contributed by atoms with Gasteiger partial charge in [0.05, 0.1) is 5.69 Å². The minimum Gasteiger partial charge on any atom is -0.399 e. The third kappa shape index (κ3) is 8.03. The normalized spacial score (nSPS) is 16.2. The Labute approximate surface area is 190 Å². The van der Waals surface area contributed by atoms with Crippen LogP contribution in [-0.4, -0.2) is 48.1 Å². The molecule has 2 heterocycles. The summed E-state index contributed by atoms with van der Waals surface area (Å²) in [5.74, 6) is 0. The molecule has 1 aromatic carbocycles. The average molecular weight is 470 g/mol. The molecule has 1 atom stereocenters. The van der Waals surface area contributed by atoms with E-state index in [1.54, 1.807) is 18.4 Å². The van der Waals surface area contributed by atoms with Crippen LogP contribution >= 0.6 is 48.6 Å². The standard InChI is InChI=1S/C19H28N4OS.3ClH/c1-15(24-2)19-21-18(14-25-19)13-23-8-4-7-22(9-10-23)12-16-5-3-6-17(20)11-16;;;/h3,5-6,11,14-15H,4,7-10,12-13,20H2,1-2H3;3*1H. The van der Waals surface area contributed by atoms with Crippen molar-refractivity contribution in [3.8, 4) is 0 Å². The Morgan fingerprint density at radius 2 is 1.79 bits per heavy atom. The van der Waals surface area contributed by atoms with Gasteiger partial charge in [-0.05, 0) is 44.1 Å². The van der Waals surface area contributed by atoms with Gasteiger partial charge < -0.3 is 10.5 Å². The fraction of sp³-hybridized carbons (Fsp3) is 0.526. The number of thiazole rings is 1.